The van der Waals surface area contributed by atoms with E-state index in [0.29, 0.717) is 32.9 Å². The van der Waals surface area contributed by atoms with Crippen LogP contribution in [-0.4, -0.2) is 30.8 Å². The highest BCUT2D eigenvalue weighted by Gasteiger charge is 2.12. The van der Waals surface area contributed by atoms with E-state index in [-0.39, 0.29) is 18.2 Å². The molecule has 0 atom stereocenters. The molecule has 32 heavy (non-hydrogen) atoms. The smallest absolute Gasteiger partial charge is 0.269 e. The van der Waals surface area contributed by atoms with Crippen molar-refractivity contribution in [3.05, 3.63) is 86.9 Å². The van der Waals surface area contributed by atoms with Crippen LogP contribution in [0.1, 0.15) is 5.56 Å². The van der Waals surface area contributed by atoms with Gasteiger partial charge in [0.05, 0.1) is 23.9 Å². The third-order valence-corrected chi connectivity index (χ3v) is 4.86. The molecule has 0 saturated heterocycles. The number of non-ortho nitro benzene ring substituents is 1. The Balaban J connectivity index is 1.63. The van der Waals surface area contributed by atoms with Crippen LogP contribution in [0.4, 0.5) is 17.1 Å². The lowest BCUT2D eigenvalue weighted by atomic mass is 10.2. The Morgan fingerprint density at radius 2 is 1.81 bits per heavy atom. The molecule has 9 nitrogen and oxygen atoms in total. The number of methoxy groups -OCH3 is 1. The fourth-order valence-corrected chi connectivity index (χ4v) is 3.04. The van der Waals surface area contributed by atoms with Crippen LogP contribution >= 0.6 is 15.9 Å². The summed E-state index contributed by atoms with van der Waals surface area (Å²) >= 11 is 3.45. The molecular formula is C22H19BrN4O5. The molecule has 0 bridgehead atoms. The SMILES string of the molecule is COc1cc(/C=N\Nc2ccc([N+](=O)[O-])cc2)c(Br)cc1OCC(=O)Nc1ccccc1. The summed E-state index contributed by atoms with van der Waals surface area (Å²) in [5.41, 5.74) is 4.77. The summed E-state index contributed by atoms with van der Waals surface area (Å²) in [7, 11) is 1.50. The molecule has 10 heteroatoms. The van der Waals surface area contributed by atoms with Crippen molar-refractivity contribution in [3.8, 4) is 11.5 Å². The molecule has 3 rings (SSSR count). The third-order valence-electron chi connectivity index (χ3n) is 4.17. The fraction of sp³-hybridized carbons (Fsp3) is 0.0909. The molecule has 0 aliphatic heterocycles. The van der Waals surface area contributed by atoms with Crippen molar-refractivity contribution in [1.29, 1.82) is 0 Å². The summed E-state index contributed by atoms with van der Waals surface area (Å²) in [5.74, 6) is 0.521. The topological polar surface area (TPSA) is 115 Å². The minimum absolute atomic E-state index is 0.0000456. The lowest BCUT2D eigenvalue weighted by Gasteiger charge is -2.13. The third kappa shape index (κ3) is 6.29. The molecule has 3 aromatic carbocycles. The maximum Gasteiger partial charge on any atom is 0.269 e. The van der Waals surface area contributed by atoms with Crippen LogP contribution in [-0.2, 0) is 4.79 Å². The van der Waals surface area contributed by atoms with Crippen LogP contribution in [0.5, 0.6) is 11.5 Å². The summed E-state index contributed by atoms with van der Waals surface area (Å²) in [6.45, 7) is -0.188. The minimum atomic E-state index is -0.467. The molecular weight excluding hydrogens is 480 g/mol. The van der Waals surface area contributed by atoms with Gasteiger partial charge in [-0.15, -0.1) is 0 Å². The number of nitrogens with zero attached hydrogens (tertiary/aromatic N) is 2. The van der Waals surface area contributed by atoms with Gasteiger partial charge in [-0.1, -0.05) is 18.2 Å². The van der Waals surface area contributed by atoms with Gasteiger partial charge in [0.25, 0.3) is 11.6 Å². The van der Waals surface area contributed by atoms with Crippen LogP contribution < -0.4 is 20.2 Å². The highest BCUT2D eigenvalue weighted by molar-refractivity contribution is 9.10. The lowest BCUT2D eigenvalue weighted by molar-refractivity contribution is -0.384. The van der Waals surface area contributed by atoms with E-state index >= 15 is 0 Å². The number of hydrazone groups is 1. The Hall–Kier alpha value is -3.92. The molecule has 164 valence electrons. The number of nitro groups is 1. The number of nitrogens with one attached hydrogen (secondary N) is 2. The number of carbonyl (C=O) groups is 1. The second kappa shape index (κ2) is 10.9. The van der Waals surface area contributed by atoms with E-state index in [2.05, 4.69) is 31.8 Å². The average molecular weight is 499 g/mol. The first-order valence-corrected chi connectivity index (χ1v) is 10.1. The number of anilines is 2. The van der Waals surface area contributed by atoms with Gasteiger partial charge in [-0.2, -0.15) is 5.10 Å². The molecule has 0 unspecified atom stereocenters. The zero-order valence-electron chi connectivity index (χ0n) is 16.9. The van der Waals surface area contributed by atoms with Gasteiger partial charge in [-0.3, -0.25) is 20.3 Å². The maximum absolute atomic E-state index is 12.1. The summed E-state index contributed by atoms with van der Waals surface area (Å²) in [6, 6.07) is 18.4. The van der Waals surface area contributed by atoms with Gasteiger partial charge in [0.15, 0.2) is 18.1 Å². The van der Waals surface area contributed by atoms with Gasteiger partial charge in [-0.05, 0) is 52.3 Å². The quantitative estimate of drug-likeness (QED) is 0.248. The van der Waals surface area contributed by atoms with E-state index in [1.54, 1.807) is 42.6 Å². The standard InChI is InChI=1S/C22H19BrN4O5/c1-31-20-11-15(13-24-26-17-7-9-18(10-8-17)27(29)30)19(23)12-21(20)32-14-22(28)25-16-5-3-2-4-6-16/h2-13,26H,14H2,1H3,(H,25,28)/b24-13-. The fourth-order valence-electron chi connectivity index (χ4n) is 2.62. The molecule has 0 fully saturated rings. The van der Waals surface area contributed by atoms with Gasteiger partial charge in [0.1, 0.15) is 0 Å². The van der Waals surface area contributed by atoms with Gasteiger partial charge >= 0.3 is 0 Å². The lowest BCUT2D eigenvalue weighted by Crippen LogP contribution is -2.20. The largest absolute Gasteiger partial charge is 0.493 e. The highest BCUT2D eigenvalue weighted by atomic mass is 79.9. The van der Waals surface area contributed by atoms with Crippen LogP contribution in [0.3, 0.4) is 0 Å². The molecule has 0 heterocycles. The Bertz CT molecular complexity index is 1120. The van der Waals surface area contributed by atoms with Crippen molar-refractivity contribution in [1.82, 2.24) is 0 Å². The van der Waals surface area contributed by atoms with E-state index in [1.165, 1.54) is 19.2 Å². The van der Waals surface area contributed by atoms with Crippen molar-refractivity contribution in [3.63, 3.8) is 0 Å². The predicted octanol–water partition coefficient (Wildman–Crippen LogP) is 4.83. The van der Waals surface area contributed by atoms with E-state index in [0.717, 1.165) is 0 Å². The van der Waals surface area contributed by atoms with Crippen molar-refractivity contribution in [2.75, 3.05) is 24.5 Å². The first kappa shape index (κ1) is 22.8. The van der Waals surface area contributed by atoms with Crippen molar-refractivity contribution >= 4 is 45.1 Å². The van der Waals surface area contributed by atoms with Crippen molar-refractivity contribution in [2.45, 2.75) is 0 Å². The Morgan fingerprint density at radius 1 is 1.09 bits per heavy atom. The van der Waals surface area contributed by atoms with Gasteiger partial charge in [0, 0.05) is 27.9 Å². The van der Waals surface area contributed by atoms with E-state index in [1.807, 2.05) is 18.2 Å². The Kier molecular flexibility index (Phi) is 7.76. The van der Waals surface area contributed by atoms with Gasteiger partial charge < -0.3 is 14.8 Å². The summed E-state index contributed by atoms with van der Waals surface area (Å²) < 4.78 is 11.7. The normalized spacial score (nSPS) is 10.6. The number of benzene rings is 3. The molecule has 0 saturated carbocycles. The molecule has 0 radical (unpaired) electrons. The average Bonchev–Trinajstić information content (AvgIpc) is 2.79. The van der Waals surface area contributed by atoms with E-state index < -0.39 is 4.92 Å². The molecule has 1 amide bonds. The van der Waals surface area contributed by atoms with Gasteiger partial charge in [-0.25, -0.2) is 0 Å². The molecule has 2 N–H and O–H groups in total. The number of rotatable bonds is 9. The number of para-hydroxylation sites is 1. The molecule has 0 aliphatic rings. The monoisotopic (exact) mass is 498 g/mol. The number of hydrogen-bond donors (Lipinski definition) is 2. The maximum atomic E-state index is 12.1. The molecule has 0 aliphatic carbocycles. The van der Waals surface area contributed by atoms with Gasteiger partial charge in [0.2, 0.25) is 0 Å². The summed E-state index contributed by atoms with van der Waals surface area (Å²) in [5, 5.41) is 17.6. The van der Waals surface area contributed by atoms with Crippen LogP contribution in [0.2, 0.25) is 0 Å². The Labute approximate surface area is 192 Å². The molecule has 0 aromatic heterocycles. The highest BCUT2D eigenvalue weighted by Crippen LogP contribution is 2.33. The molecule has 0 spiro atoms. The Morgan fingerprint density at radius 3 is 2.47 bits per heavy atom. The number of ether oxygens (including phenoxy) is 2. The summed E-state index contributed by atoms with van der Waals surface area (Å²) in [6.07, 6.45) is 1.56. The number of carbonyl (C=O) groups excluding carboxylic acids is 1. The number of amides is 1. The number of hydrogen-bond acceptors (Lipinski definition) is 7. The van der Waals surface area contributed by atoms with E-state index in [4.69, 9.17) is 9.47 Å². The van der Waals surface area contributed by atoms with Crippen molar-refractivity contribution < 1.29 is 19.2 Å². The predicted molar refractivity (Wildman–Crippen MR) is 126 cm³/mol. The van der Waals surface area contributed by atoms with Crippen LogP contribution in [0.25, 0.3) is 0 Å². The second-order valence-corrected chi connectivity index (χ2v) is 7.26. The van der Waals surface area contributed by atoms with Crippen LogP contribution in [0, 0.1) is 10.1 Å². The summed E-state index contributed by atoms with van der Waals surface area (Å²) in [4.78, 5) is 22.4. The first-order valence-electron chi connectivity index (χ1n) is 9.35. The first-order chi connectivity index (χ1) is 15.5. The number of halogens is 1. The number of nitro benzene ring substituents is 1. The second-order valence-electron chi connectivity index (χ2n) is 6.40. The van der Waals surface area contributed by atoms with Crippen LogP contribution in [0.15, 0.2) is 76.3 Å². The van der Waals surface area contributed by atoms with E-state index in [9.17, 15) is 14.9 Å². The van der Waals surface area contributed by atoms with Crippen molar-refractivity contribution in [2.24, 2.45) is 5.10 Å². The zero-order chi connectivity index (χ0) is 22.9. The molecule has 3 aromatic rings. The zero-order valence-corrected chi connectivity index (χ0v) is 18.5. The minimum Gasteiger partial charge on any atom is -0.493 e.